The maximum Gasteiger partial charge on any atom is 0.0897 e. The van der Waals surface area contributed by atoms with Gasteiger partial charge in [0.05, 0.1) is 10.7 Å². The lowest BCUT2D eigenvalue weighted by atomic mass is 10.2. The lowest BCUT2D eigenvalue weighted by Crippen LogP contribution is -2.35. The van der Waals surface area contributed by atoms with Crippen LogP contribution < -0.4 is 0 Å². The monoisotopic (exact) mass is 256 g/mol. The van der Waals surface area contributed by atoms with E-state index < -0.39 is 0 Å². The van der Waals surface area contributed by atoms with Crippen LogP contribution in [0.25, 0.3) is 0 Å². The minimum absolute atomic E-state index is 0.747. The van der Waals surface area contributed by atoms with Gasteiger partial charge in [-0.2, -0.15) is 11.8 Å². The third-order valence-corrected chi connectivity index (χ3v) is 5.34. The Balaban J connectivity index is 1.94. The highest BCUT2D eigenvalue weighted by molar-refractivity contribution is 7.99. The minimum Gasteiger partial charge on any atom is -0.296 e. The Morgan fingerprint density at radius 3 is 3.00 bits per heavy atom. The molecular formula is C12H20N2S2. The molecule has 2 rings (SSSR count). The fourth-order valence-corrected chi connectivity index (χ4v) is 4.20. The number of rotatable bonds is 4. The molecule has 0 spiro atoms. The lowest BCUT2D eigenvalue weighted by molar-refractivity contribution is 0.239. The average Bonchev–Trinajstić information content (AvgIpc) is 2.86. The number of nitrogens with zero attached hydrogens (tertiary/aromatic N) is 2. The third-order valence-electron chi connectivity index (χ3n) is 3.36. The number of hydrogen-bond donors (Lipinski definition) is 0. The fourth-order valence-electron chi connectivity index (χ4n) is 2.54. The van der Waals surface area contributed by atoms with Gasteiger partial charge in [-0.1, -0.05) is 6.42 Å². The van der Waals surface area contributed by atoms with E-state index in [2.05, 4.69) is 35.5 Å². The van der Waals surface area contributed by atoms with Gasteiger partial charge in [0.2, 0.25) is 0 Å². The van der Waals surface area contributed by atoms with Gasteiger partial charge in [0.25, 0.3) is 0 Å². The van der Waals surface area contributed by atoms with Crippen molar-refractivity contribution in [3.8, 4) is 0 Å². The Morgan fingerprint density at radius 2 is 2.38 bits per heavy atom. The van der Waals surface area contributed by atoms with Gasteiger partial charge in [-0.25, -0.2) is 4.98 Å². The molecular weight excluding hydrogens is 236 g/mol. The topological polar surface area (TPSA) is 16.1 Å². The molecule has 2 atom stereocenters. The molecule has 0 radical (unpaired) electrons. The highest BCUT2D eigenvalue weighted by atomic mass is 32.2. The van der Waals surface area contributed by atoms with E-state index in [0.29, 0.717) is 0 Å². The predicted molar refractivity (Wildman–Crippen MR) is 73.3 cm³/mol. The van der Waals surface area contributed by atoms with Crippen LogP contribution in [0.1, 0.15) is 30.0 Å². The maximum absolute atomic E-state index is 4.54. The van der Waals surface area contributed by atoms with Gasteiger partial charge < -0.3 is 0 Å². The first-order chi connectivity index (χ1) is 7.70. The second kappa shape index (κ2) is 5.52. The maximum atomic E-state index is 4.54. The van der Waals surface area contributed by atoms with Gasteiger partial charge in [-0.05, 0) is 33.1 Å². The fraction of sp³-hybridized carbons (Fsp3) is 0.750. The van der Waals surface area contributed by atoms with Crippen LogP contribution in [0.15, 0.2) is 5.38 Å². The van der Waals surface area contributed by atoms with Crippen molar-refractivity contribution in [2.24, 2.45) is 0 Å². The first-order valence-corrected chi connectivity index (χ1v) is 8.01. The summed E-state index contributed by atoms with van der Waals surface area (Å²) in [6.07, 6.45) is 6.36. The summed E-state index contributed by atoms with van der Waals surface area (Å²) in [5.41, 5.74) is 1.23. The van der Waals surface area contributed by atoms with Crippen LogP contribution in [0.4, 0.5) is 0 Å². The van der Waals surface area contributed by atoms with Gasteiger partial charge in [-0.15, -0.1) is 11.3 Å². The molecule has 1 aromatic rings. The number of thiazole rings is 1. The van der Waals surface area contributed by atoms with E-state index in [1.165, 1.54) is 30.0 Å². The number of aryl methyl sites for hydroxylation is 1. The van der Waals surface area contributed by atoms with Crippen LogP contribution in [0.2, 0.25) is 0 Å². The molecule has 1 saturated carbocycles. The molecule has 0 saturated heterocycles. The SMILES string of the molecule is CS[C@@H]1CCC[C@@H]1N(C)Cc1csc(C)n1. The van der Waals surface area contributed by atoms with Gasteiger partial charge in [0, 0.05) is 23.2 Å². The Bertz CT molecular complexity index is 338. The quantitative estimate of drug-likeness (QED) is 0.823. The van der Waals surface area contributed by atoms with Crippen molar-refractivity contribution in [1.29, 1.82) is 0 Å². The van der Waals surface area contributed by atoms with Crippen LogP contribution in [0.5, 0.6) is 0 Å². The Kier molecular flexibility index (Phi) is 4.27. The van der Waals surface area contributed by atoms with Crippen LogP contribution in [-0.2, 0) is 6.54 Å². The summed E-state index contributed by atoms with van der Waals surface area (Å²) in [5.74, 6) is 0. The van der Waals surface area contributed by atoms with E-state index in [0.717, 1.165) is 17.8 Å². The Hall–Kier alpha value is -0.0600. The van der Waals surface area contributed by atoms with Gasteiger partial charge in [-0.3, -0.25) is 4.90 Å². The molecule has 1 heterocycles. The molecule has 0 bridgehead atoms. The van der Waals surface area contributed by atoms with E-state index >= 15 is 0 Å². The van der Waals surface area contributed by atoms with E-state index in [-0.39, 0.29) is 0 Å². The highest BCUT2D eigenvalue weighted by Crippen LogP contribution is 2.32. The molecule has 1 aromatic heterocycles. The van der Waals surface area contributed by atoms with Crippen molar-refractivity contribution in [3.05, 3.63) is 16.1 Å². The van der Waals surface area contributed by atoms with E-state index in [1.807, 2.05) is 11.8 Å². The molecule has 90 valence electrons. The summed E-state index contributed by atoms with van der Waals surface area (Å²) in [6.45, 7) is 3.08. The van der Waals surface area contributed by atoms with Crippen molar-refractivity contribution >= 4 is 23.1 Å². The van der Waals surface area contributed by atoms with E-state index in [4.69, 9.17) is 0 Å². The summed E-state index contributed by atoms with van der Waals surface area (Å²) in [6, 6.07) is 0.747. The second-order valence-corrected chi connectivity index (χ2v) is 6.68. The molecule has 4 heteroatoms. The molecule has 0 aliphatic heterocycles. The summed E-state index contributed by atoms with van der Waals surface area (Å²) >= 11 is 3.78. The summed E-state index contributed by atoms with van der Waals surface area (Å²) in [4.78, 5) is 7.03. The molecule has 1 aliphatic carbocycles. The van der Waals surface area contributed by atoms with Crippen molar-refractivity contribution < 1.29 is 0 Å². The number of hydrogen-bond acceptors (Lipinski definition) is 4. The summed E-state index contributed by atoms with van der Waals surface area (Å²) in [7, 11) is 2.24. The molecule has 1 fully saturated rings. The van der Waals surface area contributed by atoms with Crippen LogP contribution in [-0.4, -0.2) is 34.5 Å². The van der Waals surface area contributed by atoms with Crippen LogP contribution >= 0.6 is 23.1 Å². The zero-order valence-corrected chi connectivity index (χ0v) is 11.9. The largest absolute Gasteiger partial charge is 0.296 e. The first kappa shape index (κ1) is 12.4. The van der Waals surface area contributed by atoms with Gasteiger partial charge >= 0.3 is 0 Å². The lowest BCUT2D eigenvalue weighted by Gasteiger charge is -2.28. The summed E-state index contributed by atoms with van der Waals surface area (Å²) < 4.78 is 0. The van der Waals surface area contributed by atoms with Gasteiger partial charge in [0.15, 0.2) is 0 Å². The van der Waals surface area contributed by atoms with Crippen LogP contribution in [0, 0.1) is 6.92 Å². The second-order valence-electron chi connectivity index (χ2n) is 4.55. The Morgan fingerprint density at radius 1 is 1.56 bits per heavy atom. The number of thioether (sulfide) groups is 1. The summed E-state index contributed by atoms with van der Waals surface area (Å²) in [5, 5.41) is 4.19. The van der Waals surface area contributed by atoms with E-state index in [1.54, 1.807) is 11.3 Å². The zero-order valence-electron chi connectivity index (χ0n) is 10.3. The van der Waals surface area contributed by atoms with Crippen molar-refractivity contribution in [1.82, 2.24) is 9.88 Å². The molecule has 16 heavy (non-hydrogen) atoms. The normalized spacial score (nSPS) is 25.5. The van der Waals surface area contributed by atoms with Crippen molar-refractivity contribution in [2.45, 2.75) is 44.0 Å². The Labute approximate surface area is 106 Å². The average molecular weight is 256 g/mol. The standard InChI is InChI=1S/C12H20N2S2/c1-9-13-10(8-16-9)7-14(2)11-5-4-6-12(11)15-3/h8,11-12H,4-7H2,1-3H3/t11-,12+/m0/s1. The first-order valence-electron chi connectivity index (χ1n) is 5.84. The molecule has 1 aliphatic rings. The van der Waals surface area contributed by atoms with Crippen molar-refractivity contribution in [2.75, 3.05) is 13.3 Å². The van der Waals surface area contributed by atoms with Crippen LogP contribution in [0.3, 0.4) is 0 Å². The molecule has 0 aromatic carbocycles. The number of aromatic nitrogens is 1. The van der Waals surface area contributed by atoms with E-state index in [9.17, 15) is 0 Å². The zero-order chi connectivity index (χ0) is 11.5. The molecule has 0 unspecified atom stereocenters. The molecule has 2 nitrogen and oxygen atoms in total. The minimum atomic E-state index is 0.747. The smallest absolute Gasteiger partial charge is 0.0897 e. The predicted octanol–water partition coefficient (Wildman–Crippen LogP) is 3.17. The third kappa shape index (κ3) is 2.79. The molecule has 0 amide bonds. The van der Waals surface area contributed by atoms with Crippen molar-refractivity contribution in [3.63, 3.8) is 0 Å². The highest BCUT2D eigenvalue weighted by Gasteiger charge is 2.29. The molecule has 0 N–H and O–H groups in total. The van der Waals surface area contributed by atoms with Gasteiger partial charge in [0.1, 0.15) is 0 Å².